The Bertz CT molecular complexity index is 403. The first-order valence-electron chi connectivity index (χ1n) is 6.59. The minimum absolute atomic E-state index is 0.0476. The molecule has 2 rings (SSSR count). The third-order valence-corrected chi connectivity index (χ3v) is 3.55. The molecule has 1 heterocycles. The van der Waals surface area contributed by atoms with Gasteiger partial charge < -0.3 is 15.6 Å². The predicted molar refractivity (Wildman–Crippen MR) is 67.6 cm³/mol. The van der Waals surface area contributed by atoms with E-state index in [1.165, 1.54) is 12.8 Å². The van der Waals surface area contributed by atoms with E-state index in [0.29, 0.717) is 24.6 Å². The van der Waals surface area contributed by atoms with Crippen LogP contribution in [0.15, 0.2) is 10.6 Å². The molecule has 1 saturated carbocycles. The van der Waals surface area contributed by atoms with Crippen LogP contribution >= 0.6 is 0 Å². The molecule has 100 valence electrons. The zero-order valence-corrected chi connectivity index (χ0v) is 10.8. The quantitative estimate of drug-likeness (QED) is 0.849. The smallest absolute Gasteiger partial charge is 0.220 e. The maximum absolute atomic E-state index is 11.8. The summed E-state index contributed by atoms with van der Waals surface area (Å²) in [6.45, 7) is 2.26. The first-order valence-corrected chi connectivity index (χ1v) is 6.59. The van der Waals surface area contributed by atoms with E-state index in [4.69, 9.17) is 10.3 Å². The first-order chi connectivity index (χ1) is 8.65. The highest BCUT2D eigenvalue weighted by Gasteiger charge is 2.24. The van der Waals surface area contributed by atoms with Gasteiger partial charge >= 0.3 is 0 Å². The van der Waals surface area contributed by atoms with Gasteiger partial charge in [-0.25, -0.2) is 0 Å². The SMILES string of the molecule is Cc1cc(CNC(=O)CC2CCCCC2N)on1. The number of rotatable bonds is 4. The van der Waals surface area contributed by atoms with Crippen molar-refractivity contribution >= 4 is 5.91 Å². The van der Waals surface area contributed by atoms with Gasteiger partial charge in [0.1, 0.15) is 0 Å². The van der Waals surface area contributed by atoms with Crippen molar-refractivity contribution in [2.75, 3.05) is 0 Å². The van der Waals surface area contributed by atoms with Gasteiger partial charge in [-0.15, -0.1) is 0 Å². The molecule has 0 saturated heterocycles. The Balaban J connectivity index is 1.74. The summed E-state index contributed by atoms with van der Waals surface area (Å²) in [5, 5.41) is 6.63. The number of aromatic nitrogens is 1. The fraction of sp³-hybridized carbons (Fsp3) is 0.692. The molecule has 0 aliphatic heterocycles. The van der Waals surface area contributed by atoms with E-state index in [0.717, 1.165) is 18.5 Å². The second-order valence-corrected chi connectivity index (χ2v) is 5.12. The number of aryl methyl sites for hydroxylation is 1. The van der Waals surface area contributed by atoms with Gasteiger partial charge in [0.05, 0.1) is 12.2 Å². The lowest BCUT2D eigenvalue weighted by atomic mass is 9.83. The number of carbonyl (C=O) groups excluding carboxylic acids is 1. The third-order valence-electron chi connectivity index (χ3n) is 3.55. The molecule has 1 fully saturated rings. The van der Waals surface area contributed by atoms with Gasteiger partial charge in [-0.3, -0.25) is 4.79 Å². The van der Waals surface area contributed by atoms with E-state index in [1.807, 2.05) is 13.0 Å². The van der Waals surface area contributed by atoms with E-state index in [1.54, 1.807) is 0 Å². The van der Waals surface area contributed by atoms with Gasteiger partial charge in [-0.05, 0) is 25.7 Å². The van der Waals surface area contributed by atoms with Gasteiger partial charge in [0.25, 0.3) is 0 Å². The Morgan fingerprint density at radius 1 is 1.56 bits per heavy atom. The van der Waals surface area contributed by atoms with Crippen molar-refractivity contribution in [1.29, 1.82) is 0 Å². The largest absolute Gasteiger partial charge is 0.359 e. The van der Waals surface area contributed by atoms with Gasteiger partial charge in [0.2, 0.25) is 5.91 Å². The first kappa shape index (κ1) is 13.1. The van der Waals surface area contributed by atoms with Crippen LogP contribution in [0.3, 0.4) is 0 Å². The number of hydrogen-bond acceptors (Lipinski definition) is 4. The monoisotopic (exact) mass is 251 g/mol. The zero-order chi connectivity index (χ0) is 13.0. The van der Waals surface area contributed by atoms with Crippen molar-refractivity contribution in [3.8, 4) is 0 Å². The summed E-state index contributed by atoms with van der Waals surface area (Å²) in [7, 11) is 0. The van der Waals surface area contributed by atoms with Gasteiger partial charge in [0, 0.05) is 18.5 Å². The summed E-state index contributed by atoms with van der Waals surface area (Å²) in [4.78, 5) is 11.8. The zero-order valence-electron chi connectivity index (χ0n) is 10.8. The molecule has 18 heavy (non-hydrogen) atoms. The lowest BCUT2D eigenvalue weighted by Crippen LogP contribution is -2.36. The maximum Gasteiger partial charge on any atom is 0.220 e. The molecule has 1 amide bonds. The highest BCUT2D eigenvalue weighted by molar-refractivity contribution is 5.76. The molecule has 1 aliphatic rings. The minimum atomic E-state index is 0.0476. The predicted octanol–water partition coefficient (Wildman–Crippen LogP) is 1.51. The van der Waals surface area contributed by atoms with Crippen molar-refractivity contribution in [2.45, 2.75) is 51.6 Å². The number of carbonyl (C=O) groups is 1. The normalized spacial score (nSPS) is 23.9. The Labute approximate surface area is 107 Å². The van der Waals surface area contributed by atoms with Crippen LogP contribution in [-0.4, -0.2) is 17.1 Å². The topological polar surface area (TPSA) is 81.2 Å². The molecule has 0 radical (unpaired) electrons. The summed E-state index contributed by atoms with van der Waals surface area (Å²) in [6.07, 6.45) is 5.01. The average molecular weight is 251 g/mol. The minimum Gasteiger partial charge on any atom is -0.359 e. The van der Waals surface area contributed by atoms with Crippen molar-refractivity contribution in [2.24, 2.45) is 11.7 Å². The molecule has 0 spiro atoms. The van der Waals surface area contributed by atoms with Gasteiger partial charge in [-0.2, -0.15) is 0 Å². The van der Waals surface area contributed by atoms with Crippen LogP contribution in [0.4, 0.5) is 0 Å². The molecule has 0 aromatic carbocycles. The lowest BCUT2D eigenvalue weighted by molar-refractivity contribution is -0.122. The standard InChI is InChI=1S/C13H21N3O2/c1-9-6-11(18-16-9)8-15-13(17)7-10-4-2-3-5-12(10)14/h6,10,12H,2-5,7-8,14H2,1H3,(H,15,17). The summed E-state index contributed by atoms with van der Waals surface area (Å²) in [5.74, 6) is 1.07. The van der Waals surface area contributed by atoms with E-state index in [9.17, 15) is 4.79 Å². The summed E-state index contributed by atoms with van der Waals surface area (Å²) >= 11 is 0. The highest BCUT2D eigenvalue weighted by atomic mass is 16.5. The van der Waals surface area contributed by atoms with E-state index >= 15 is 0 Å². The Morgan fingerprint density at radius 3 is 3.00 bits per heavy atom. The summed E-state index contributed by atoms with van der Waals surface area (Å²) in [6, 6.07) is 2.00. The number of hydrogen-bond donors (Lipinski definition) is 2. The van der Waals surface area contributed by atoms with Crippen LogP contribution < -0.4 is 11.1 Å². The molecular weight excluding hydrogens is 230 g/mol. The Hall–Kier alpha value is -1.36. The fourth-order valence-electron chi connectivity index (χ4n) is 2.49. The number of nitrogens with zero attached hydrogens (tertiary/aromatic N) is 1. The van der Waals surface area contributed by atoms with Crippen LogP contribution in [0.5, 0.6) is 0 Å². The van der Waals surface area contributed by atoms with Crippen LogP contribution in [0.1, 0.15) is 43.6 Å². The summed E-state index contributed by atoms with van der Waals surface area (Å²) in [5.41, 5.74) is 6.86. The average Bonchev–Trinajstić information content (AvgIpc) is 2.76. The fourth-order valence-corrected chi connectivity index (χ4v) is 2.49. The molecule has 5 nitrogen and oxygen atoms in total. The Morgan fingerprint density at radius 2 is 2.33 bits per heavy atom. The van der Waals surface area contributed by atoms with Crippen LogP contribution in [0.2, 0.25) is 0 Å². The van der Waals surface area contributed by atoms with Crippen molar-refractivity contribution < 1.29 is 9.32 Å². The number of amides is 1. The highest BCUT2D eigenvalue weighted by Crippen LogP contribution is 2.25. The van der Waals surface area contributed by atoms with E-state index in [2.05, 4.69) is 10.5 Å². The second kappa shape index (κ2) is 6.00. The van der Waals surface area contributed by atoms with E-state index < -0.39 is 0 Å². The Kier molecular flexibility index (Phi) is 4.36. The van der Waals surface area contributed by atoms with E-state index in [-0.39, 0.29) is 11.9 Å². The molecule has 1 aromatic heterocycles. The molecule has 5 heteroatoms. The van der Waals surface area contributed by atoms with Gasteiger partial charge in [-0.1, -0.05) is 18.0 Å². The lowest BCUT2D eigenvalue weighted by Gasteiger charge is -2.27. The van der Waals surface area contributed by atoms with Crippen molar-refractivity contribution in [1.82, 2.24) is 10.5 Å². The second-order valence-electron chi connectivity index (χ2n) is 5.12. The molecule has 0 bridgehead atoms. The molecule has 1 aromatic rings. The van der Waals surface area contributed by atoms with Gasteiger partial charge in [0.15, 0.2) is 5.76 Å². The van der Waals surface area contributed by atoms with Crippen LogP contribution in [0.25, 0.3) is 0 Å². The molecule has 2 atom stereocenters. The maximum atomic E-state index is 11.8. The summed E-state index contributed by atoms with van der Waals surface area (Å²) < 4.78 is 5.04. The van der Waals surface area contributed by atoms with Crippen LogP contribution in [-0.2, 0) is 11.3 Å². The van der Waals surface area contributed by atoms with Crippen LogP contribution in [0, 0.1) is 12.8 Å². The molecule has 1 aliphatic carbocycles. The van der Waals surface area contributed by atoms with Crippen molar-refractivity contribution in [3.05, 3.63) is 17.5 Å². The number of nitrogens with one attached hydrogen (secondary N) is 1. The number of nitrogens with two attached hydrogens (primary N) is 1. The molecule has 2 unspecified atom stereocenters. The van der Waals surface area contributed by atoms with Crippen molar-refractivity contribution in [3.63, 3.8) is 0 Å². The molecule has 3 N–H and O–H groups in total. The third kappa shape index (κ3) is 3.57. The molecular formula is C13H21N3O2.